The van der Waals surface area contributed by atoms with E-state index in [9.17, 15) is 24.6 Å². The number of aromatic carboxylic acids is 1. The average molecular weight is 510 g/mol. The lowest BCUT2D eigenvalue weighted by Crippen LogP contribution is -2.55. The first-order valence-corrected chi connectivity index (χ1v) is 12.6. The van der Waals surface area contributed by atoms with Crippen LogP contribution in [-0.4, -0.2) is 81.9 Å². The van der Waals surface area contributed by atoms with Gasteiger partial charge in [-0.15, -0.1) is 0 Å². The Morgan fingerprint density at radius 2 is 1.76 bits per heavy atom. The highest BCUT2D eigenvalue weighted by molar-refractivity contribution is 6.02. The van der Waals surface area contributed by atoms with Gasteiger partial charge in [-0.05, 0) is 63.4 Å². The van der Waals surface area contributed by atoms with Gasteiger partial charge in [-0.3, -0.25) is 9.69 Å². The summed E-state index contributed by atoms with van der Waals surface area (Å²) in [4.78, 5) is 43.3. The van der Waals surface area contributed by atoms with Gasteiger partial charge in [0.15, 0.2) is 0 Å². The summed E-state index contributed by atoms with van der Waals surface area (Å²) in [6, 6.07) is 11.7. The summed E-state index contributed by atoms with van der Waals surface area (Å²) in [6.07, 6.45) is -1.07. The van der Waals surface area contributed by atoms with Gasteiger partial charge in [0.25, 0.3) is 5.91 Å². The molecule has 0 aromatic heterocycles. The maximum absolute atomic E-state index is 13.5. The molecule has 4 rings (SSSR count). The van der Waals surface area contributed by atoms with Gasteiger partial charge in [-0.2, -0.15) is 0 Å². The Morgan fingerprint density at radius 3 is 2.41 bits per heavy atom. The quantitative estimate of drug-likeness (QED) is 0.636. The van der Waals surface area contributed by atoms with Crippen molar-refractivity contribution in [2.45, 2.75) is 58.4 Å². The molecule has 2 N–H and O–H groups in total. The number of fused-ring (bicyclic) bond motifs is 2. The molecule has 0 fully saturated rings. The standard InChI is InChI=1S/C28H35N3O6/c1-5-29-12-13-30(25(33)21-11-10-19(26(34)35)15-22(21)29)17-24(32)23-14-18-8-6-7-9-20(18)16-31(23)27(36)37-28(2,3)4/h6-11,15,23-24,32H,5,12-14,16-17H2,1-4H3,(H,34,35)/t23-,24?/m0/s1. The summed E-state index contributed by atoms with van der Waals surface area (Å²) >= 11 is 0. The van der Waals surface area contributed by atoms with Gasteiger partial charge in [0.2, 0.25) is 0 Å². The lowest BCUT2D eigenvalue weighted by Gasteiger charge is -2.41. The third-order valence-corrected chi connectivity index (χ3v) is 6.89. The van der Waals surface area contributed by atoms with Gasteiger partial charge >= 0.3 is 12.1 Å². The lowest BCUT2D eigenvalue weighted by molar-refractivity contribution is -0.0176. The Bertz CT molecular complexity index is 1190. The highest BCUT2D eigenvalue weighted by Gasteiger charge is 2.38. The summed E-state index contributed by atoms with van der Waals surface area (Å²) in [6.45, 7) is 9.15. The number of ether oxygens (including phenoxy) is 1. The van der Waals surface area contributed by atoms with Gasteiger partial charge in [0.05, 0.1) is 29.0 Å². The third kappa shape index (κ3) is 5.72. The van der Waals surface area contributed by atoms with Gasteiger partial charge < -0.3 is 24.7 Å². The second-order valence-electron chi connectivity index (χ2n) is 10.6. The fourth-order valence-electron chi connectivity index (χ4n) is 5.00. The van der Waals surface area contributed by atoms with Crippen molar-refractivity contribution in [3.63, 3.8) is 0 Å². The fraction of sp³-hybridized carbons (Fsp3) is 0.464. The zero-order valence-corrected chi connectivity index (χ0v) is 21.8. The number of rotatable bonds is 5. The van der Waals surface area contributed by atoms with Crippen LogP contribution in [0.5, 0.6) is 0 Å². The molecule has 0 bridgehead atoms. The van der Waals surface area contributed by atoms with Crippen molar-refractivity contribution in [1.29, 1.82) is 0 Å². The summed E-state index contributed by atoms with van der Waals surface area (Å²) in [5, 5.41) is 20.8. The molecule has 0 radical (unpaired) electrons. The molecule has 2 atom stereocenters. The van der Waals surface area contributed by atoms with Crippen LogP contribution in [0, 0.1) is 0 Å². The minimum absolute atomic E-state index is 0.0304. The highest BCUT2D eigenvalue weighted by atomic mass is 16.6. The molecule has 2 aliphatic rings. The van der Waals surface area contributed by atoms with Gasteiger partial charge in [-0.25, -0.2) is 9.59 Å². The number of likely N-dealkylation sites (N-methyl/N-ethyl adjacent to an activating group) is 1. The van der Waals surface area contributed by atoms with Crippen molar-refractivity contribution in [2.24, 2.45) is 0 Å². The molecule has 2 aromatic rings. The molecule has 9 nitrogen and oxygen atoms in total. The summed E-state index contributed by atoms with van der Waals surface area (Å²) < 4.78 is 5.65. The van der Waals surface area contributed by atoms with Crippen molar-refractivity contribution < 1.29 is 29.3 Å². The smallest absolute Gasteiger partial charge is 0.410 e. The number of β-amino-alcohol motifs (C(OH)–C–C–N with tert-alkyl or cyclic N) is 1. The second-order valence-corrected chi connectivity index (χ2v) is 10.6. The number of benzene rings is 2. The SMILES string of the molecule is CCN1CCN(CC(O)[C@@H]2Cc3ccccc3CN2C(=O)OC(C)(C)C)C(=O)c2ccc(C(=O)O)cc21. The average Bonchev–Trinajstić information content (AvgIpc) is 2.98. The predicted molar refractivity (Wildman–Crippen MR) is 139 cm³/mol. The van der Waals surface area contributed by atoms with E-state index in [4.69, 9.17) is 4.74 Å². The van der Waals surface area contributed by atoms with Crippen LogP contribution in [0.2, 0.25) is 0 Å². The van der Waals surface area contributed by atoms with Gasteiger partial charge in [0, 0.05) is 32.7 Å². The number of anilines is 1. The molecular weight excluding hydrogens is 474 g/mol. The zero-order valence-electron chi connectivity index (χ0n) is 21.8. The largest absolute Gasteiger partial charge is 0.478 e. The van der Waals surface area contributed by atoms with Crippen LogP contribution >= 0.6 is 0 Å². The summed E-state index contributed by atoms with van der Waals surface area (Å²) in [5.41, 5.74) is 2.46. The van der Waals surface area contributed by atoms with E-state index in [-0.39, 0.29) is 18.0 Å². The second kappa shape index (κ2) is 10.4. The van der Waals surface area contributed by atoms with Crippen LogP contribution in [-0.2, 0) is 17.7 Å². The van der Waals surface area contributed by atoms with Crippen LogP contribution in [0.1, 0.15) is 59.5 Å². The fourth-order valence-corrected chi connectivity index (χ4v) is 5.00. The van der Waals surface area contributed by atoms with E-state index in [1.807, 2.05) is 36.1 Å². The van der Waals surface area contributed by atoms with Crippen LogP contribution < -0.4 is 4.90 Å². The van der Waals surface area contributed by atoms with E-state index >= 15 is 0 Å². The molecule has 0 saturated heterocycles. The number of amides is 2. The Kier molecular flexibility index (Phi) is 7.45. The van der Waals surface area contributed by atoms with E-state index < -0.39 is 29.8 Å². The van der Waals surface area contributed by atoms with Crippen LogP contribution in [0.4, 0.5) is 10.5 Å². The van der Waals surface area contributed by atoms with Crippen molar-refractivity contribution >= 4 is 23.7 Å². The Balaban J connectivity index is 1.60. The Labute approximate surface area is 217 Å². The lowest BCUT2D eigenvalue weighted by atomic mass is 9.91. The number of aliphatic hydroxyl groups excluding tert-OH is 1. The molecule has 2 amide bonds. The van der Waals surface area contributed by atoms with Crippen LogP contribution in [0.25, 0.3) is 0 Å². The predicted octanol–water partition coefficient (Wildman–Crippen LogP) is 3.39. The van der Waals surface area contributed by atoms with E-state index in [1.165, 1.54) is 12.1 Å². The molecule has 37 heavy (non-hydrogen) atoms. The number of hydrogen-bond acceptors (Lipinski definition) is 6. The van der Waals surface area contributed by atoms with E-state index in [1.54, 1.807) is 36.6 Å². The Morgan fingerprint density at radius 1 is 1.08 bits per heavy atom. The summed E-state index contributed by atoms with van der Waals surface area (Å²) in [5.74, 6) is -1.33. The molecule has 198 valence electrons. The third-order valence-electron chi connectivity index (χ3n) is 6.89. The van der Waals surface area contributed by atoms with Crippen molar-refractivity contribution in [1.82, 2.24) is 9.80 Å². The Hall–Kier alpha value is -3.59. The minimum atomic E-state index is -1.05. The maximum atomic E-state index is 13.5. The van der Waals surface area contributed by atoms with E-state index in [0.717, 1.165) is 11.1 Å². The monoisotopic (exact) mass is 509 g/mol. The molecule has 0 saturated carbocycles. The van der Waals surface area contributed by atoms with Crippen LogP contribution in [0.3, 0.4) is 0 Å². The van der Waals surface area contributed by atoms with Crippen molar-refractivity contribution in [3.05, 3.63) is 64.7 Å². The zero-order chi connectivity index (χ0) is 26.9. The van der Waals surface area contributed by atoms with E-state index in [0.29, 0.717) is 43.9 Å². The normalized spacial score (nSPS) is 18.6. The van der Waals surface area contributed by atoms with Crippen LogP contribution in [0.15, 0.2) is 42.5 Å². The molecule has 9 heteroatoms. The molecule has 2 heterocycles. The van der Waals surface area contributed by atoms with Crippen molar-refractivity contribution in [2.75, 3.05) is 31.1 Å². The molecule has 0 spiro atoms. The van der Waals surface area contributed by atoms with Gasteiger partial charge in [-0.1, -0.05) is 24.3 Å². The van der Waals surface area contributed by atoms with Crippen molar-refractivity contribution in [3.8, 4) is 0 Å². The maximum Gasteiger partial charge on any atom is 0.410 e. The summed E-state index contributed by atoms with van der Waals surface area (Å²) in [7, 11) is 0. The number of aliphatic hydroxyl groups is 1. The number of carbonyl (C=O) groups is 3. The first-order chi connectivity index (χ1) is 17.5. The number of carboxylic acids is 1. The van der Waals surface area contributed by atoms with Gasteiger partial charge in [0.1, 0.15) is 5.60 Å². The molecule has 2 aliphatic heterocycles. The molecule has 1 unspecified atom stereocenters. The number of nitrogens with zero attached hydrogens (tertiary/aromatic N) is 3. The first kappa shape index (κ1) is 26.5. The molecular formula is C28H35N3O6. The number of carboxylic acid groups (broad SMARTS) is 1. The highest BCUT2D eigenvalue weighted by Crippen LogP contribution is 2.30. The topological polar surface area (TPSA) is 111 Å². The number of hydrogen-bond donors (Lipinski definition) is 2. The molecule has 2 aromatic carbocycles. The first-order valence-electron chi connectivity index (χ1n) is 12.6. The van der Waals surface area contributed by atoms with E-state index in [2.05, 4.69) is 0 Å². The molecule has 0 aliphatic carbocycles. The minimum Gasteiger partial charge on any atom is -0.478 e. The number of carbonyl (C=O) groups excluding carboxylic acids is 2.